The Morgan fingerprint density at radius 1 is 0.596 bits per heavy atom. The van der Waals surface area contributed by atoms with Crippen molar-refractivity contribution in [1.82, 2.24) is 0 Å². The van der Waals surface area contributed by atoms with Gasteiger partial charge in [-0.1, -0.05) is 146 Å². The lowest BCUT2D eigenvalue weighted by molar-refractivity contribution is 0.235. The minimum Gasteiger partial charge on any atom is -0.484 e. The molecule has 0 saturated heterocycles. The van der Waals surface area contributed by atoms with Gasteiger partial charge in [0.15, 0.2) is 0 Å². The van der Waals surface area contributed by atoms with Gasteiger partial charge in [-0.3, -0.25) is 0 Å². The van der Waals surface area contributed by atoms with Crippen LogP contribution in [-0.2, 0) is 0 Å². The van der Waals surface area contributed by atoms with Gasteiger partial charge >= 0.3 is 0 Å². The van der Waals surface area contributed by atoms with Crippen LogP contribution in [0.3, 0.4) is 0 Å². The van der Waals surface area contributed by atoms with Gasteiger partial charge in [-0.25, -0.2) is 0 Å². The molecule has 3 atom stereocenters. The fourth-order valence-corrected chi connectivity index (χ4v) is 9.61. The van der Waals surface area contributed by atoms with Crippen molar-refractivity contribution in [2.24, 2.45) is 5.92 Å². The normalized spacial score (nSPS) is 18.3. The molecule has 7 aromatic carbocycles. The molecule has 0 N–H and O–H groups in total. The van der Waals surface area contributed by atoms with Gasteiger partial charge < -0.3 is 18.5 Å². The van der Waals surface area contributed by atoms with Crippen LogP contribution in [0.25, 0.3) is 77.6 Å². The molecule has 0 bridgehead atoms. The van der Waals surface area contributed by atoms with Crippen molar-refractivity contribution in [2.75, 3.05) is 4.90 Å². The van der Waals surface area contributed by atoms with Gasteiger partial charge in [0.25, 0.3) is 0 Å². The standard InChI is InChI=1S/C53H37NO3/c1-32-26-29-43(54(42-22-10-7-18-37(42)34-15-3-2-4-16-34)44-23-13-21-39-38-19-8-11-24-45(38)56-52(39)44)49-41-31-47-50(40-20-9-12-25-46(40)55-47)48(53(41)57-51(32)49)36-28-27-33-14-5-6-17-35(33)30-36/h2-22,24-32,44,51H,23H2,1H3. The number of rotatable bonds is 5. The van der Waals surface area contributed by atoms with E-state index >= 15 is 0 Å². The Morgan fingerprint density at radius 3 is 2.21 bits per heavy atom. The average Bonchev–Trinajstić information content (AvgIpc) is 3.96. The van der Waals surface area contributed by atoms with Gasteiger partial charge in [0.2, 0.25) is 0 Å². The number of hydrogen-bond donors (Lipinski definition) is 0. The number of anilines is 1. The highest BCUT2D eigenvalue weighted by Crippen LogP contribution is 2.56. The summed E-state index contributed by atoms with van der Waals surface area (Å²) in [6, 6.07) is 53.7. The zero-order chi connectivity index (χ0) is 37.6. The second-order valence-electron chi connectivity index (χ2n) is 15.5. The van der Waals surface area contributed by atoms with Crippen molar-refractivity contribution in [1.29, 1.82) is 0 Å². The SMILES string of the molecule is CC1C=CC(N(c2ccccc2-c2ccccc2)C2CC=Cc3c2oc2ccccc32)=C2c3cc4oc5ccccc5c4c(-c4ccc5ccccc5c4)c3OC21. The van der Waals surface area contributed by atoms with Crippen molar-refractivity contribution in [3.8, 4) is 28.0 Å². The molecule has 0 fully saturated rings. The van der Waals surface area contributed by atoms with Crippen LogP contribution in [0.15, 0.2) is 184 Å². The van der Waals surface area contributed by atoms with Gasteiger partial charge in [0.05, 0.1) is 6.04 Å². The van der Waals surface area contributed by atoms with Crippen LogP contribution < -0.4 is 9.64 Å². The van der Waals surface area contributed by atoms with Crippen LogP contribution in [0.5, 0.6) is 5.75 Å². The maximum Gasteiger partial charge on any atom is 0.136 e. The van der Waals surface area contributed by atoms with Crippen molar-refractivity contribution in [3.05, 3.63) is 192 Å². The minimum absolute atomic E-state index is 0.123. The third-order valence-corrected chi connectivity index (χ3v) is 12.2. The molecule has 57 heavy (non-hydrogen) atoms. The Hall–Kier alpha value is -7.04. The summed E-state index contributed by atoms with van der Waals surface area (Å²) in [5.74, 6) is 2.01. The van der Waals surface area contributed by atoms with Crippen molar-refractivity contribution in [2.45, 2.75) is 25.5 Å². The number of ether oxygens (including phenoxy) is 1. The Bertz CT molecular complexity index is 3180. The highest BCUT2D eigenvalue weighted by molar-refractivity contribution is 6.16. The first-order valence-corrected chi connectivity index (χ1v) is 19.9. The largest absolute Gasteiger partial charge is 0.484 e. The topological polar surface area (TPSA) is 38.8 Å². The Kier molecular flexibility index (Phi) is 7.06. The van der Waals surface area contributed by atoms with Gasteiger partial charge in [-0.05, 0) is 64.7 Å². The fourth-order valence-electron chi connectivity index (χ4n) is 9.61. The molecule has 272 valence electrons. The number of furan rings is 2. The van der Waals surface area contributed by atoms with E-state index in [-0.39, 0.29) is 18.1 Å². The lowest BCUT2D eigenvalue weighted by Gasteiger charge is -2.39. The highest BCUT2D eigenvalue weighted by atomic mass is 16.5. The number of para-hydroxylation sites is 3. The lowest BCUT2D eigenvalue weighted by Crippen LogP contribution is -2.34. The van der Waals surface area contributed by atoms with Gasteiger partial charge in [-0.2, -0.15) is 0 Å². The highest BCUT2D eigenvalue weighted by Gasteiger charge is 2.43. The Labute approximate surface area is 330 Å². The molecule has 12 rings (SSSR count). The Balaban J connectivity index is 1.17. The van der Waals surface area contributed by atoms with E-state index in [1.807, 2.05) is 6.07 Å². The van der Waals surface area contributed by atoms with Crippen LogP contribution in [0.2, 0.25) is 0 Å². The van der Waals surface area contributed by atoms with E-state index in [2.05, 4.69) is 182 Å². The molecular formula is C53H37NO3. The van der Waals surface area contributed by atoms with Crippen LogP contribution in [0.1, 0.15) is 36.3 Å². The van der Waals surface area contributed by atoms with Crippen molar-refractivity contribution < 1.29 is 13.6 Å². The first-order chi connectivity index (χ1) is 28.2. The molecule has 3 unspecified atom stereocenters. The number of benzene rings is 7. The number of nitrogens with zero attached hydrogens (tertiary/aromatic N) is 1. The average molecular weight is 736 g/mol. The summed E-state index contributed by atoms with van der Waals surface area (Å²) in [6.45, 7) is 2.27. The minimum atomic E-state index is -0.211. The predicted molar refractivity (Wildman–Crippen MR) is 233 cm³/mol. The van der Waals surface area contributed by atoms with Crippen LogP contribution in [-0.4, -0.2) is 6.10 Å². The van der Waals surface area contributed by atoms with Crippen LogP contribution in [0, 0.1) is 5.92 Å². The second-order valence-corrected chi connectivity index (χ2v) is 15.5. The monoisotopic (exact) mass is 735 g/mol. The summed E-state index contributed by atoms with van der Waals surface area (Å²) in [6.07, 6.45) is 9.76. The number of hydrogen-bond acceptors (Lipinski definition) is 4. The molecule has 0 spiro atoms. The third-order valence-electron chi connectivity index (χ3n) is 12.2. The Morgan fingerprint density at radius 2 is 1.33 bits per heavy atom. The van der Waals surface area contributed by atoms with Crippen molar-refractivity contribution >= 4 is 61.0 Å². The van der Waals surface area contributed by atoms with Gasteiger partial charge in [-0.15, -0.1) is 0 Å². The molecule has 0 radical (unpaired) electrons. The quantitative estimate of drug-likeness (QED) is 0.176. The molecule has 9 aromatic rings. The second kappa shape index (κ2) is 12.5. The van der Waals surface area contributed by atoms with E-state index in [1.54, 1.807) is 0 Å². The summed E-state index contributed by atoms with van der Waals surface area (Å²) in [5, 5.41) is 5.70. The molecule has 1 aliphatic heterocycles. The number of fused-ring (bicyclic) bond motifs is 10. The molecule has 4 nitrogen and oxygen atoms in total. The molecule has 2 aromatic heterocycles. The van der Waals surface area contributed by atoms with E-state index in [4.69, 9.17) is 13.6 Å². The van der Waals surface area contributed by atoms with Crippen molar-refractivity contribution in [3.63, 3.8) is 0 Å². The zero-order valence-electron chi connectivity index (χ0n) is 31.4. The smallest absolute Gasteiger partial charge is 0.136 e. The zero-order valence-corrected chi connectivity index (χ0v) is 31.4. The van der Waals surface area contributed by atoms with E-state index < -0.39 is 0 Å². The lowest BCUT2D eigenvalue weighted by atomic mass is 9.84. The maximum atomic E-state index is 7.37. The number of allylic oxidation sites excluding steroid dienone is 1. The van der Waals surface area contributed by atoms with Crippen LogP contribution in [0.4, 0.5) is 5.69 Å². The summed E-state index contributed by atoms with van der Waals surface area (Å²) in [4.78, 5) is 2.54. The van der Waals surface area contributed by atoms with E-state index in [9.17, 15) is 0 Å². The molecule has 2 aliphatic carbocycles. The van der Waals surface area contributed by atoms with Gasteiger partial charge in [0, 0.05) is 61.3 Å². The van der Waals surface area contributed by atoms with E-state index in [0.29, 0.717) is 0 Å². The molecule has 3 heterocycles. The van der Waals surface area contributed by atoms with E-state index in [1.165, 1.54) is 16.3 Å². The molecular weight excluding hydrogens is 699 g/mol. The molecule has 0 amide bonds. The third kappa shape index (κ3) is 4.87. The molecule has 3 aliphatic rings. The summed E-state index contributed by atoms with van der Waals surface area (Å²) in [5.41, 5.74) is 12.7. The summed E-state index contributed by atoms with van der Waals surface area (Å²) in [7, 11) is 0. The summed E-state index contributed by atoms with van der Waals surface area (Å²) < 4.78 is 21.0. The first-order valence-electron chi connectivity index (χ1n) is 19.9. The predicted octanol–water partition coefficient (Wildman–Crippen LogP) is 14.2. The van der Waals surface area contributed by atoms with E-state index in [0.717, 1.165) is 95.6 Å². The fraction of sp³-hybridized carbons (Fsp3) is 0.0943. The maximum absolute atomic E-state index is 7.37. The summed E-state index contributed by atoms with van der Waals surface area (Å²) >= 11 is 0. The molecule has 4 heteroatoms. The first kappa shape index (κ1) is 32.2. The molecule has 0 saturated carbocycles. The van der Waals surface area contributed by atoms with Crippen LogP contribution >= 0.6 is 0 Å². The van der Waals surface area contributed by atoms with Gasteiger partial charge in [0.1, 0.15) is 34.4 Å².